The van der Waals surface area contributed by atoms with E-state index in [2.05, 4.69) is 10.1 Å². The Morgan fingerprint density at radius 3 is 2.64 bits per heavy atom. The second-order valence-corrected chi connectivity index (χ2v) is 6.74. The zero-order valence-electron chi connectivity index (χ0n) is 15.3. The van der Waals surface area contributed by atoms with Crippen molar-refractivity contribution in [2.75, 3.05) is 11.4 Å². The van der Waals surface area contributed by atoms with Crippen molar-refractivity contribution in [1.82, 2.24) is 10.1 Å². The Morgan fingerprint density at radius 1 is 1.21 bits per heavy atom. The molecule has 8 heteroatoms. The van der Waals surface area contributed by atoms with E-state index < -0.39 is 17.2 Å². The number of fused-ring (bicyclic) bond motifs is 1. The maximum atomic E-state index is 14.5. The van der Waals surface area contributed by atoms with Crippen LogP contribution in [0.15, 0.2) is 34.9 Å². The van der Waals surface area contributed by atoms with Gasteiger partial charge in [-0.05, 0) is 49.2 Å². The van der Waals surface area contributed by atoms with E-state index in [4.69, 9.17) is 9.26 Å². The first-order chi connectivity index (χ1) is 13.5. The zero-order chi connectivity index (χ0) is 19.8. The van der Waals surface area contributed by atoms with Crippen molar-refractivity contribution < 1.29 is 22.8 Å². The molecule has 1 aliphatic rings. The number of anilines is 2. The lowest BCUT2D eigenvalue weighted by molar-refractivity contribution is 0.112. The van der Waals surface area contributed by atoms with Gasteiger partial charge in [0.2, 0.25) is 0 Å². The van der Waals surface area contributed by atoms with Crippen molar-refractivity contribution in [1.29, 1.82) is 0 Å². The highest BCUT2D eigenvalue weighted by atomic mass is 19.1. The second-order valence-electron chi connectivity index (χ2n) is 6.74. The molecular weight excluding hydrogens is 368 g/mol. The van der Waals surface area contributed by atoms with Gasteiger partial charge in [-0.1, -0.05) is 0 Å². The van der Waals surface area contributed by atoms with Gasteiger partial charge < -0.3 is 14.2 Å². The van der Waals surface area contributed by atoms with Gasteiger partial charge in [-0.25, -0.2) is 8.78 Å². The molecule has 1 aromatic heterocycles. The molecule has 0 spiro atoms. The van der Waals surface area contributed by atoms with Crippen LogP contribution in [-0.4, -0.2) is 29.1 Å². The van der Waals surface area contributed by atoms with E-state index in [9.17, 15) is 13.6 Å². The number of carbonyl (C=O) groups excluding carboxylic acids is 1. The van der Waals surface area contributed by atoms with Crippen molar-refractivity contribution in [2.24, 2.45) is 0 Å². The lowest BCUT2D eigenvalue weighted by Crippen LogP contribution is -2.14. The molecule has 0 atom stereocenters. The minimum Gasteiger partial charge on any atom is -0.491 e. The second kappa shape index (κ2) is 7.03. The molecular formula is C20H17F2N3O3. The van der Waals surface area contributed by atoms with Crippen LogP contribution in [-0.2, 0) is 6.42 Å². The van der Waals surface area contributed by atoms with E-state index in [1.807, 2.05) is 0 Å². The molecule has 1 aliphatic heterocycles. The monoisotopic (exact) mass is 385 g/mol. The summed E-state index contributed by atoms with van der Waals surface area (Å²) in [5.41, 5.74) is 2.00. The number of ether oxygens (including phenoxy) is 1. The number of benzene rings is 2. The van der Waals surface area contributed by atoms with Gasteiger partial charge in [-0.3, -0.25) is 4.79 Å². The van der Waals surface area contributed by atoms with Crippen LogP contribution in [0.2, 0.25) is 0 Å². The Labute approximate surface area is 159 Å². The number of aldehydes is 1. The summed E-state index contributed by atoms with van der Waals surface area (Å²) in [6.45, 7) is 4.10. The number of carbonyl (C=O) groups is 1. The van der Waals surface area contributed by atoms with Gasteiger partial charge >= 0.3 is 0 Å². The van der Waals surface area contributed by atoms with Crippen LogP contribution in [0, 0.1) is 11.6 Å². The van der Waals surface area contributed by atoms with E-state index in [-0.39, 0.29) is 23.7 Å². The number of hydrogen-bond acceptors (Lipinski definition) is 6. The van der Waals surface area contributed by atoms with E-state index in [1.54, 1.807) is 36.9 Å². The standard InChI is InChI=1S/C20H17F2N3O3/c1-11(2)27-14-8-15(21)18(16(22)9-14)19-23-20(24-28-19)25-6-5-13-7-12(10-26)3-4-17(13)25/h3-4,7-11H,5-6H2,1-2H3. The first kappa shape index (κ1) is 18.1. The Kier molecular flexibility index (Phi) is 4.54. The number of aromatic nitrogens is 2. The highest BCUT2D eigenvalue weighted by Crippen LogP contribution is 2.35. The molecule has 144 valence electrons. The van der Waals surface area contributed by atoms with Crippen molar-refractivity contribution in [3.8, 4) is 17.2 Å². The van der Waals surface area contributed by atoms with Gasteiger partial charge in [0.25, 0.3) is 11.8 Å². The summed E-state index contributed by atoms with van der Waals surface area (Å²) in [4.78, 5) is 16.9. The van der Waals surface area contributed by atoms with E-state index >= 15 is 0 Å². The average molecular weight is 385 g/mol. The predicted molar refractivity (Wildman–Crippen MR) is 98.0 cm³/mol. The molecule has 0 bridgehead atoms. The van der Waals surface area contributed by atoms with Crippen LogP contribution in [0.5, 0.6) is 5.75 Å². The SMILES string of the molecule is CC(C)Oc1cc(F)c(-c2nc(N3CCc4cc(C=O)ccc43)no2)c(F)c1. The maximum absolute atomic E-state index is 14.5. The van der Waals surface area contributed by atoms with Crippen molar-refractivity contribution >= 4 is 17.9 Å². The molecule has 0 aliphatic carbocycles. The first-order valence-corrected chi connectivity index (χ1v) is 8.81. The Balaban J connectivity index is 1.66. The third-order valence-electron chi connectivity index (χ3n) is 4.39. The smallest absolute Gasteiger partial charge is 0.270 e. The van der Waals surface area contributed by atoms with Crippen LogP contribution >= 0.6 is 0 Å². The van der Waals surface area contributed by atoms with Crippen LogP contribution < -0.4 is 9.64 Å². The summed E-state index contributed by atoms with van der Waals surface area (Å²) in [6, 6.07) is 7.47. The molecule has 0 unspecified atom stereocenters. The summed E-state index contributed by atoms with van der Waals surface area (Å²) >= 11 is 0. The van der Waals surface area contributed by atoms with Crippen LogP contribution in [0.3, 0.4) is 0 Å². The van der Waals surface area contributed by atoms with E-state index in [1.165, 1.54) is 0 Å². The Hall–Kier alpha value is -3.29. The summed E-state index contributed by atoms with van der Waals surface area (Å²) in [5, 5.41) is 3.87. The predicted octanol–water partition coefficient (Wildman–Crippen LogP) is 4.31. The first-order valence-electron chi connectivity index (χ1n) is 8.81. The zero-order valence-corrected chi connectivity index (χ0v) is 15.3. The molecule has 0 saturated heterocycles. The fourth-order valence-corrected chi connectivity index (χ4v) is 3.22. The quantitative estimate of drug-likeness (QED) is 0.610. The fourth-order valence-electron chi connectivity index (χ4n) is 3.22. The van der Waals surface area contributed by atoms with Gasteiger partial charge in [-0.15, -0.1) is 0 Å². The lowest BCUT2D eigenvalue weighted by atomic mass is 10.1. The topological polar surface area (TPSA) is 68.5 Å². The Bertz CT molecular complexity index is 1030. The number of nitrogens with zero attached hydrogens (tertiary/aromatic N) is 3. The molecule has 6 nitrogen and oxygen atoms in total. The molecule has 0 amide bonds. The van der Waals surface area contributed by atoms with Gasteiger partial charge in [0.05, 0.1) is 6.10 Å². The number of hydrogen-bond donors (Lipinski definition) is 0. The van der Waals surface area contributed by atoms with E-state index in [0.717, 1.165) is 29.7 Å². The summed E-state index contributed by atoms with van der Waals surface area (Å²) in [6.07, 6.45) is 1.27. The molecule has 3 aromatic rings. The number of halogens is 2. The summed E-state index contributed by atoms with van der Waals surface area (Å²) < 4.78 is 39.4. The van der Waals surface area contributed by atoms with Crippen LogP contribution in [0.25, 0.3) is 11.5 Å². The fraction of sp³-hybridized carbons (Fsp3) is 0.250. The lowest BCUT2D eigenvalue weighted by Gasteiger charge is -2.13. The van der Waals surface area contributed by atoms with Crippen LogP contribution in [0.4, 0.5) is 20.4 Å². The van der Waals surface area contributed by atoms with Gasteiger partial charge in [0.1, 0.15) is 29.2 Å². The van der Waals surface area contributed by atoms with Crippen LogP contribution in [0.1, 0.15) is 29.8 Å². The normalized spacial score (nSPS) is 13.1. The molecule has 2 aromatic carbocycles. The molecule has 4 rings (SSSR count). The average Bonchev–Trinajstić information content (AvgIpc) is 3.26. The molecule has 0 radical (unpaired) electrons. The number of rotatable bonds is 5. The summed E-state index contributed by atoms with van der Waals surface area (Å²) in [5.74, 6) is -1.65. The van der Waals surface area contributed by atoms with Gasteiger partial charge in [0, 0.05) is 29.9 Å². The van der Waals surface area contributed by atoms with Gasteiger partial charge in [-0.2, -0.15) is 4.98 Å². The highest BCUT2D eigenvalue weighted by molar-refractivity contribution is 5.78. The van der Waals surface area contributed by atoms with E-state index in [0.29, 0.717) is 18.5 Å². The molecule has 0 N–H and O–H groups in total. The molecule has 0 saturated carbocycles. The third kappa shape index (κ3) is 3.21. The molecule has 0 fully saturated rings. The Morgan fingerprint density at radius 2 is 1.96 bits per heavy atom. The van der Waals surface area contributed by atoms with Crippen molar-refractivity contribution in [3.63, 3.8) is 0 Å². The van der Waals surface area contributed by atoms with Crippen molar-refractivity contribution in [2.45, 2.75) is 26.4 Å². The third-order valence-corrected chi connectivity index (χ3v) is 4.39. The summed E-state index contributed by atoms with van der Waals surface area (Å²) in [7, 11) is 0. The molecule has 2 heterocycles. The minimum absolute atomic E-state index is 0.0907. The van der Waals surface area contributed by atoms with Crippen molar-refractivity contribution in [3.05, 3.63) is 53.1 Å². The highest BCUT2D eigenvalue weighted by Gasteiger charge is 2.27. The maximum Gasteiger partial charge on any atom is 0.270 e. The largest absolute Gasteiger partial charge is 0.491 e. The molecule has 28 heavy (non-hydrogen) atoms. The van der Waals surface area contributed by atoms with Gasteiger partial charge in [0.15, 0.2) is 0 Å². The minimum atomic E-state index is -0.844.